The molecule has 0 radical (unpaired) electrons. The summed E-state index contributed by atoms with van der Waals surface area (Å²) in [4.78, 5) is 8.23. The molecular formula is C9H7BN2. The Morgan fingerprint density at radius 3 is 2.92 bits per heavy atom. The SMILES string of the molecule is b1ccnc(-c2cccnc2)c1. The summed E-state index contributed by atoms with van der Waals surface area (Å²) in [7, 11) is 0. The van der Waals surface area contributed by atoms with Crippen molar-refractivity contribution in [2.75, 3.05) is 0 Å². The third-order valence-corrected chi connectivity index (χ3v) is 1.62. The van der Waals surface area contributed by atoms with Crippen LogP contribution in [0.5, 0.6) is 0 Å². The van der Waals surface area contributed by atoms with Crippen molar-refractivity contribution >= 4 is 6.91 Å². The number of pyridine rings is 1. The van der Waals surface area contributed by atoms with Crippen LogP contribution >= 0.6 is 0 Å². The van der Waals surface area contributed by atoms with Crippen LogP contribution in [0.2, 0.25) is 0 Å². The molecular weight excluding hydrogens is 147 g/mol. The van der Waals surface area contributed by atoms with Gasteiger partial charge in [-0.2, -0.15) is 0 Å². The number of hydrogen-bond donors (Lipinski definition) is 0. The predicted molar refractivity (Wildman–Crippen MR) is 48.8 cm³/mol. The molecule has 0 amide bonds. The molecule has 0 aliphatic heterocycles. The molecule has 3 heteroatoms. The Balaban J connectivity index is 2.46. The van der Waals surface area contributed by atoms with Gasteiger partial charge in [0.05, 0.1) is 0 Å². The van der Waals surface area contributed by atoms with Crippen molar-refractivity contribution in [3.63, 3.8) is 0 Å². The van der Waals surface area contributed by atoms with E-state index < -0.39 is 0 Å². The second-order valence-electron chi connectivity index (χ2n) is 2.46. The Hall–Kier alpha value is -1.51. The van der Waals surface area contributed by atoms with Crippen LogP contribution in [0.25, 0.3) is 11.3 Å². The summed E-state index contributed by atoms with van der Waals surface area (Å²) in [6.45, 7) is 1.97. The van der Waals surface area contributed by atoms with Gasteiger partial charge in [-0.3, -0.25) is 0 Å². The Morgan fingerprint density at radius 1 is 1.25 bits per heavy atom. The topological polar surface area (TPSA) is 25.8 Å². The van der Waals surface area contributed by atoms with Crippen LogP contribution in [-0.4, -0.2) is 16.9 Å². The summed E-state index contributed by atoms with van der Waals surface area (Å²) >= 11 is 0. The van der Waals surface area contributed by atoms with Gasteiger partial charge < -0.3 is 0 Å². The first-order chi connectivity index (χ1) is 5.97. The van der Waals surface area contributed by atoms with E-state index in [0.29, 0.717) is 0 Å². The quantitative estimate of drug-likeness (QED) is 0.621. The van der Waals surface area contributed by atoms with Crippen LogP contribution in [0.15, 0.2) is 42.6 Å². The van der Waals surface area contributed by atoms with Crippen LogP contribution in [-0.2, 0) is 0 Å². The van der Waals surface area contributed by atoms with Gasteiger partial charge in [0.2, 0.25) is 0 Å². The van der Waals surface area contributed by atoms with Crippen LogP contribution in [0.4, 0.5) is 0 Å². The molecule has 2 nitrogen and oxygen atoms in total. The summed E-state index contributed by atoms with van der Waals surface area (Å²) in [5.74, 6) is 3.87. The normalized spacial score (nSPS) is 9.33. The number of nitrogens with zero attached hydrogens (tertiary/aromatic N) is 2. The summed E-state index contributed by atoms with van der Waals surface area (Å²) in [5, 5.41) is 0. The predicted octanol–water partition coefficient (Wildman–Crippen LogP) is 1.48. The van der Waals surface area contributed by atoms with Gasteiger partial charge in [-0.15, -0.1) is 0 Å². The molecule has 0 aliphatic carbocycles. The third kappa shape index (κ3) is 1.40. The summed E-state index contributed by atoms with van der Waals surface area (Å²) in [6, 6.07) is 3.90. The number of rotatable bonds is 1. The fourth-order valence-electron chi connectivity index (χ4n) is 1.05. The van der Waals surface area contributed by atoms with Crippen LogP contribution in [0, 0.1) is 0 Å². The molecule has 0 bridgehead atoms. The molecule has 0 saturated heterocycles. The molecule has 0 aliphatic rings. The van der Waals surface area contributed by atoms with E-state index in [-0.39, 0.29) is 0 Å². The van der Waals surface area contributed by atoms with Crippen molar-refractivity contribution in [1.82, 2.24) is 9.97 Å². The van der Waals surface area contributed by atoms with Crippen molar-refractivity contribution in [3.05, 3.63) is 42.6 Å². The molecule has 2 aromatic heterocycles. The van der Waals surface area contributed by atoms with Gasteiger partial charge in [0.25, 0.3) is 0 Å². The molecule has 2 rings (SSSR count). The van der Waals surface area contributed by atoms with Crippen molar-refractivity contribution in [2.24, 2.45) is 0 Å². The monoisotopic (exact) mass is 154 g/mol. The minimum atomic E-state index is 0.964. The summed E-state index contributed by atoms with van der Waals surface area (Å²) in [6.07, 6.45) is 5.34. The zero-order valence-corrected chi connectivity index (χ0v) is 6.51. The number of aromatic nitrogens is 2. The second kappa shape index (κ2) is 3.26. The van der Waals surface area contributed by atoms with Gasteiger partial charge in [0, 0.05) is 0 Å². The molecule has 2 aromatic rings. The first-order valence-corrected chi connectivity index (χ1v) is 3.78. The molecule has 0 aromatic carbocycles. The molecule has 56 valence electrons. The van der Waals surface area contributed by atoms with Gasteiger partial charge in [0.15, 0.2) is 0 Å². The Morgan fingerprint density at radius 2 is 2.25 bits per heavy atom. The number of hydrogen-bond acceptors (Lipinski definition) is 2. The van der Waals surface area contributed by atoms with E-state index in [0.717, 1.165) is 11.3 Å². The fourth-order valence-corrected chi connectivity index (χ4v) is 1.05. The summed E-state index contributed by atoms with van der Waals surface area (Å²) < 4.78 is 0. The molecule has 0 fully saturated rings. The minimum absolute atomic E-state index is 0.964. The van der Waals surface area contributed by atoms with Gasteiger partial charge in [-0.25, -0.2) is 0 Å². The van der Waals surface area contributed by atoms with Crippen LogP contribution < -0.4 is 0 Å². The van der Waals surface area contributed by atoms with E-state index in [1.165, 1.54) is 0 Å². The Bertz CT molecular complexity index is 310. The zero-order valence-electron chi connectivity index (χ0n) is 6.51. The second-order valence-corrected chi connectivity index (χ2v) is 2.46. The van der Waals surface area contributed by atoms with Crippen molar-refractivity contribution < 1.29 is 0 Å². The Kier molecular flexibility index (Phi) is 1.95. The standard InChI is InChI=1S/C9H7BN2/c1-2-8(7-11-4-1)9-6-10-3-5-12-9/h1-7H. The van der Waals surface area contributed by atoms with Gasteiger partial charge in [-0.1, -0.05) is 0 Å². The van der Waals surface area contributed by atoms with E-state index in [2.05, 4.69) is 9.97 Å². The zero-order chi connectivity index (χ0) is 8.23. The van der Waals surface area contributed by atoms with Gasteiger partial charge in [-0.05, 0) is 0 Å². The van der Waals surface area contributed by atoms with Crippen LogP contribution in [0.3, 0.4) is 0 Å². The molecule has 2 heterocycles. The van der Waals surface area contributed by atoms with E-state index in [1.54, 1.807) is 12.4 Å². The average Bonchev–Trinajstić information content (AvgIpc) is 2.21. The first kappa shape index (κ1) is 7.16. The van der Waals surface area contributed by atoms with Gasteiger partial charge >= 0.3 is 70.8 Å². The van der Waals surface area contributed by atoms with E-state index in [1.807, 2.05) is 37.2 Å². The molecule has 0 unspecified atom stereocenters. The molecule has 0 spiro atoms. The van der Waals surface area contributed by atoms with Crippen LogP contribution in [0.1, 0.15) is 0 Å². The maximum absolute atomic E-state index is 4.21. The van der Waals surface area contributed by atoms with Crippen molar-refractivity contribution in [3.8, 4) is 11.3 Å². The van der Waals surface area contributed by atoms with Crippen molar-refractivity contribution in [1.29, 1.82) is 0 Å². The van der Waals surface area contributed by atoms with E-state index in [4.69, 9.17) is 0 Å². The van der Waals surface area contributed by atoms with Crippen molar-refractivity contribution in [2.45, 2.75) is 0 Å². The molecule has 12 heavy (non-hydrogen) atoms. The third-order valence-electron chi connectivity index (χ3n) is 1.62. The average molecular weight is 154 g/mol. The van der Waals surface area contributed by atoms with Gasteiger partial charge in [0.1, 0.15) is 0 Å². The van der Waals surface area contributed by atoms with E-state index >= 15 is 0 Å². The molecule has 0 N–H and O–H groups in total. The van der Waals surface area contributed by atoms with E-state index in [9.17, 15) is 0 Å². The molecule has 0 atom stereocenters. The Labute approximate surface area is 71.5 Å². The summed E-state index contributed by atoms with van der Waals surface area (Å²) in [5.41, 5.74) is 2.02. The fraction of sp³-hybridized carbons (Fsp3) is 0. The molecule has 0 saturated carbocycles. The maximum atomic E-state index is 4.21. The first-order valence-electron chi connectivity index (χ1n) is 3.78.